The third-order valence-electron chi connectivity index (χ3n) is 6.90. The normalized spacial score (nSPS) is 23.3. The van der Waals surface area contributed by atoms with E-state index < -0.39 is 0 Å². The second-order valence-corrected chi connectivity index (χ2v) is 8.52. The molecule has 0 aliphatic carbocycles. The summed E-state index contributed by atoms with van der Waals surface area (Å²) < 4.78 is 11.0. The molecule has 4 heterocycles. The van der Waals surface area contributed by atoms with E-state index in [1.54, 1.807) is 14.2 Å². The molecule has 1 aromatic carbocycles. The van der Waals surface area contributed by atoms with Crippen molar-refractivity contribution in [3.63, 3.8) is 0 Å². The van der Waals surface area contributed by atoms with E-state index in [1.807, 2.05) is 0 Å². The molecule has 3 aliphatic rings. The van der Waals surface area contributed by atoms with Crippen molar-refractivity contribution < 1.29 is 9.47 Å². The van der Waals surface area contributed by atoms with Crippen LogP contribution in [0.15, 0.2) is 18.3 Å². The van der Waals surface area contributed by atoms with Gasteiger partial charge in [-0.15, -0.1) is 0 Å². The smallest absolute Gasteiger partial charge is 0.225 e. The van der Waals surface area contributed by atoms with E-state index in [-0.39, 0.29) is 0 Å². The molecule has 0 spiro atoms. The van der Waals surface area contributed by atoms with E-state index in [0.29, 0.717) is 12.1 Å². The number of hydrogen-bond donors (Lipinski definition) is 0. The molecule has 2 bridgehead atoms. The Morgan fingerprint density at radius 1 is 1.07 bits per heavy atom. The summed E-state index contributed by atoms with van der Waals surface area (Å²) in [6.45, 7) is 5.27. The summed E-state index contributed by atoms with van der Waals surface area (Å²) >= 11 is 0. The van der Waals surface area contributed by atoms with Gasteiger partial charge in [-0.3, -0.25) is 4.90 Å². The zero-order valence-corrected chi connectivity index (χ0v) is 17.6. The lowest BCUT2D eigenvalue weighted by Gasteiger charge is -2.36. The third kappa shape index (κ3) is 3.23. The first-order chi connectivity index (χ1) is 14.2. The molecule has 0 N–H and O–H groups in total. The Kier molecular flexibility index (Phi) is 4.82. The van der Waals surface area contributed by atoms with Crippen LogP contribution in [0, 0.1) is 6.92 Å². The Hall–Kier alpha value is -2.34. The van der Waals surface area contributed by atoms with Gasteiger partial charge in [0.15, 0.2) is 11.5 Å². The number of aromatic nitrogens is 2. The number of ether oxygens (including phenoxy) is 2. The second-order valence-electron chi connectivity index (χ2n) is 8.52. The highest BCUT2D eigenvalue weighted by molar-refractivity contribution is 5.47. The summed E-state index contributed by atoms with van der Waals surface area (Å²) in [6, 6.07) is 5.19. The molecule has 2 saturated heterocycles. The number of methoxy groups -OCH3 is 2. The first-order valence-corrected chi connectivity index (χ1v) is 10.8. The van der Waals surface area contributed by atoms with Gasteiger partial charge in [-0.25, -0.2) is 9.97 Å². The van der Waals surface area contributed by atoms with Gasteiger partial charge in [0.25, 0.3) is 0 Å². The molecule has 6 nitrogen and oxygen atoms in total. The summed E-state index contributed by atoms with van der Waals surface area (Å²) in [6.07, 6.45) is 8.06. The van der Waals surface area contributed by atoms with Crippen LogP contribution < -0.4 is 14.4 Å². The Labute approximate surface area is 172 Å². The van der Waals surface area contributed by atoms with Crippen LogP contribution in [0.3, 0.4) is 0 Å². The molecule has 0 saturated carbocycles. The van der Waals surface area contributed by atoms with Crippen molar-refractivity contribution in [3.05, 3.63) is 40.7 Å². The minimum absolute atomic E-state index is 0.420. The van der Waals surface area contributed by atoms with Gasteiger partial charge in [0.1, 0.15) is 0 Å². The minimum atomic E-state index is 0.420. The summed E-state index contributed by atoms with van der Waals surface area (Å²) in [4.78, 5) is 14.7. The molecule has 0 unspecified atom stereocenters. The molecule has 154 valence electrons. The first kappa shape index (κ1) is 18.7. The van der Waals surface area contributed by atoms with E-state index in [4.69, 9.17) is 19.4 Å². The summed E-state index contributed by atoms with van der Waals surface area (Å²) in [5.74, 6) is 2.53. The SMILES string of the molecule is COc1cc(C)c(CN2[C@H]3CC[C@@H]2c2cnc(N4CCCC4)nc2C3)cc1OC. The van der Waals surface area contributed by atoms with Crippen LogP contribution in [0.5, 0.6) is 11.5 Å². The van der Waals surface area contributed by atoms with Crippen LogP contribution in [0.2, 0.25) is 0 Å². The fourth-order valence-electron chi connectivity index (χ4n) is 5.27. The summed E-state index contributed by atoms with van der Waals surface area (Å²) in [5.41, 5.74) is 5.15. The second kappa shape index (κ2) is 7.48. The fraction of sp³-hybridized carbons (Fsp3) is 0.565. The highest BCUT2D eigenvalue weighted by Gasteiger charge is 2.41. The van der Waals surface area contributed by atoms with E-state index in [1.165, 1.54) is 48.1 Å². The molecule has 0 radical (unpaired) electrons. The van der Waals surface area contributed by atoms with Gasteiger partial charge in [-0.1, -0.05) is 0 Å². The van der Waals surface area contributed by atoms with Crippen molar-refractivity contribution in [1.29, 1.82) is 0 Å². The highest BCUT2D eigenvalue weighted by atomic mass is 16.5. The van der Waals surface area contributed by atoms with Gasteiger partial charge in [-0.2, -0.15) is 0 Å². The Morgan fingerprint density at radius 3 is 2.59 bits per heavy atom. The molecular formula is C23H30N4O2. The van der Waals surface area contributed by atoms with Crippen LogP contribution in [-0.4, -0.2) is 48.2 Å². The van der Waals surface area contributed by atoms with Crippen molar-refractivity contribution in [3.8, 4) is 11.5 Å². The lowest BCUT2D eigenvalue weighted by molar-refractivity contribution is 0.165. The fourth-order valence-corrected chi connectivity index (χ4v) is 5.27. The standard InChI is InChI=1S/C23H30N4O2/c1-15-10-21(28-2)22(29-3)11-16(15)14-27-17-6-7-20(27)18-13-24-23(25-19(18)12-17)26-8-4-5-9-26/h10-11,13,17,20H,4-9,12,14H2,1-3H3/t17-,20+/m0/s1. The summed E-state index contributed by atoms with van der Waals surface area (Å²) in [5, 5.41) is 0. The predicted molar refractivity (Wildman–Crippen MR) is 113 cm³/mol. The molecule has 2 fully saturated rings. The number of anilines is 1. The summed E-state index contributed by atoms with van der Waals surface area (Å²) in [7, 11) is 3.39. The Morgan fingerprint density at radius 2 is 1.83 bits per heavy atom. The maximum atomic E-state index is 5.54. The maximum absolute atomic E-state index is 5.54. The number of aryl methyl sites for hydroxylation is 1. The first-order valence-electron chi connectivity index (χ1n) is 10.8. The van der Waals surface area contributed by atoms with Gasteiger partial charge in [0.05, 0.1) is 19.9 Å². The van der Waals surface area contributed by atoms with Crippen molar-refractivity contribution >= 4 is 5.95 Å². The molecular weight excluding hydrogens is 364 g/mol. The van der Waals surface area contributed by atoms with Gasteiger partial charge in [0.2, 0.25) is 5.95 Å². The van der Waals surface area contributed by atoms with Crippen molar-refractivity contribution in [1.82, 2.24) is 14.9 Å². The third-order valence-corrected chi connectivity index (χ3v) is 6.90. The molecule has 5 rings (SSSR count). The maximum Gasteiger partial charge on any atom is 0.225 e. The zero-order valence-electron chi connectivity index (χ0n) is 17.6. The van der Waals surface area contributed by atoms with Crippen molar-refractivity contribution in [2.24, 2.45) is 0 Å². The number of fused-ring (bicyclic) bond motifs is 4. The van der Waals surface area contributed by atoms with Crippen LogP contribution >= 0.6 is 0 Å². The molecule has 3 aliphatic heterocycles. The van der Waals surface area contributed by atoms with E-state index in [2.05, 4.69) is 35.1 Å². The van der Waals surface area contributed by atoms with Gasteiger partial charge < -0.3 is 14.4 Å². The molecule has 29 heavy (non-hydrogen) atoms. The number of rotatable bonds is 5. The molecule has 1 aromatic heterocycles. The van der Waals surface area contributed by atoms with E-state index >= 15 is 0 Å². The van der Waals surface area contributed by atoms with Crippen molar-refractivity contribution in [2.75, 3.05) is 32.2 Å². The van der Waals surface area contributed by atoms with Crippen LogP contribution in [-0.2, 0) is 13.0 Å². The molecule has 2 atom stereocenters. The topological polar surface area (TPSA) is 50.7 Å². The average molecular weight is 395 g/mol. The highest BCUT2D eigenvalue weighted by Crippen LogP contribution is 2.44. The van der Waals surface area contributed by atoms with Crippen LogP contribution in [0.1, 0.15) is 54.1 Å². The quantitative estimate of drug-likeness (QED) is 0.771. The van der Waals surface area contributed by atoms with Crippen LogP contribution in [0.4, 0.5) is 5.95 Å². The molecule has 0 amide bonds. The monoisotopic (exact) mass is 394 g/mol. The number of hydrogen-bond acceptors (Lipinski definition) is 6. The van der Waals surface area contributed by atoms with E-state index in [9.17, 15) is 0 Å². The number of benzene rings is 1. The minimum Gasteiger partial charge on any atom is -0.493 e. The lowest BCUT2D eigenvalue weighted by atomic mass is 9.97. The lowest BCUT2D eigenvalue weighted by Crippen LogP contribution is -2.38. The van der Waals surface area contributed by atoms with Gasteiger partial charge in [0, 0.05) is 49.9 Å². The molecule has 2 aromatic rings. The average Bonchev–Trinajstić information content (AvgIpc) is 3.36. The Balaban J connectivity index is 1.41. The van der Waals surface area contributed by atoms with E-state index in [0.717, 1.165) is 43.5 Å². The zero-order chi connectivity index (χ0) is 20.0. The van der Waals surface area contributed by atoms with Gasteiger partial charge >= 0.3 is 0 Å². The van der Waals surface area contributed by atoms with Crippen LogP contribution in [0.25, 0.3) is 0 Å². The Bertz CT molecular complexity index is 910. The largest absolute Gasteiger partial charge is 0.493 e. The predicted octanol–water partition coefficient (Wildman–Crippen LogP) is 3.66. The van der Waals surface area contributed by atoms with Gasteiger partial charge in [-0.05, 0) is 55.9 Å². The van der Waals surface area contributed by atoms with Crippen molar-refractivity contribution in [2.45, 2.75) is 57.7 Å². The molecule has 6 heteroatoms. The number of nitrogens with zero attached hydrogens (tertiary/aromatic N) is 4.